The number of hydrazine groups is 1. The molecule has 1 aromatic rings. The highest BCUT2D eigenvalue weighted by Gasteiger charge is 1.95. The van der Waals surface area contributed by atoms with Crippen molar-refractivity contribution in [2.75, 3.05) is 29.3 Å². The summed E-state index contributed by atoms with van der Waals surface area (Å²) in [6.07, 6.45) is 7.75. The first-order valence-corrected chi connectivity index (χ1v) is 6.27. The number of thioether (sulfide) groups is 1. The summed E-state index contributed by atoms with van der Waals surface area (Å²) in [6, 6.07) is 0. The SMILES string of the molecule is CSCCCCNc1cncc(NN)n1. The first-order chi connectivity index (χ1) is 7.36. The van der Waals surface area contributed by atoms with Crippen molar-refractivity contribution in [1.29, 1.82) is 0 Å². The van der Waals surface area contributed by atoms with E-state index in [-0.39, 0.29) is 0 Å². The zero-order chi connectivity index (χ0) is 10.9. The van der Waals surface area contributed by atoms with Crippen LogP contribution in [0.5, 0.6) is 0 Å². The van der Waals surface area contributed by atoms with Crippen molar-refractivity contribution in [2.24, 2.45) is 5.84 Å². The highest BCUT2D eigenvalue weighted by atomic mass is 32.2. The lowest BCUT2D eigenvalue weighted by atomic mass is 10.3. The fourth-order valence-electron chi connectivity index (χ4n) is 1.11. The molecule has 15 heavy (non-hydrogen) atoms. The summed E-state index contributed by atoms with van der Waals surface area (Å²) in [4.78, 5) is 8.19. The number of nitrogens with two attached hydrogens (primary N) is 1. The number of rotatable bonds is 7. The van der Waals surface area contributed by atoms with E-state index in [4.69, 9.17) is 5.84 Å². The first kappa shape index (κ1) is 12.1. The molecule has 1 heterocycles. The third-order valence-electron chi connectivity index (χ3n) is 1.86. The number of aromatic nitrogens is 2. The maximum absolute atomic E-state index is 5.23. The molecule has 0 radical (unpaired) electrons. The number of nitrogens with one attached hydrogen (secondary N) is 2. The molecular formula is C9H17N5S. The molecule has 1 aromatic heterocycles. The van der Waals surface area contributed by atoms with E-state index in [0.717, 1.165) is 18.8 Å². The fraction of sp³-hybridized carbons (Fsp3) is 0.556. The van der Waals surface area contributed by atoms with Crippen LogP contribution in [0.4, 0.5) is 11.6 Å². The molecule has 0 aromatic carbocycles. The summed E-state index contributed by atoms with van der Waals surface area (Å²) in [5.41, 5.74) is 2.46. The minimum atomic E-state index is 0.573. The predicted molar refractivity (Wildman–Crippen MR) is 65.9 cm³/mol. The van der Waals surface area contributed by atoms with Crippen LogP contribution >= 0.6 is 11.8 Å². The molecule has 0 aliphatic heterocycles. The fourth-order valence-corrected chi connectivity index (χ4v) is 1.60. The summed E-state index contributed by atoms with van der Waals surface area (Å²) in [6.45, 7) is 0.920. The number of nitrogen functional groups attached to an aromatic ring is 1. The van der Waals surface area contributed by atoms with Crippen LogP contribution < -0.4 is 16.6 Å². The van der Waals surface area contributed by atoms with Crippen LogP contribution in [0.1, 0.15) is 12.8 Å². The Morgan fingerprint density at radius 2 is 2.13 bits per heavy atom. The molecule has 5 nitrogen and oxygen atoms in total. The van der Waals surface area contributed by atoms with Gasteiger partial charge in [-0.3, -0.25) is 4.98 Å². The summed E-state index contributed by atoms with van der Waals surface area (Å²) < 4.78 is 0. The minimum Gasteiger partial charge on any atom is -0.369 e. The normalized spacial score (nSPS) is 10.0. The molecule has 1 rings (SSSR count). The Hall–Kier alpha value is -1.01. The van der Waals surface area contributed by atoms with Gasteiger partial charge in [0.25, 0.3) is 0 Å². The number of nitrogens with zero attached hydrogens (tertiary/aromatic N) is 2. The monoisotopic (exact) mass is 227 g/mol. The van der Waals surface area contributed by atoms with E-state index >= 15 is 0 Å². The van der Waals surface area contributed by atoms with Gasteiger partial charge in [0.1, 0.15) is 5.82 Å². The smallest absolute Gasteiger partial charge is 0.160 e. The zero-order valence-corrected chi connectivity index (χ0v) is 9.68. The van der Waals surface area contributed by atoms with E-state index in [1.165, 1.54) is 12.2 Å². The molecule has 6 heteroatoms. The Kier molecular flexibility index (Phi) is 5.87. The standard InChI is InChI=1S/C9H17N5S/c1-15-5-3-2-4-12-8-6-11-7-9(13-8)14-10/h6-7H,2-5,10H2,1H3,(H2,12,13,14). The van der Waals surface area contributed by atoms with Crippen LogP contribution in [0.15, 0.2) is 12.4 Å². The molecule has 84 valence electrons. The number of anilines is 2. The van der Waals surface area contributed by atoms with Gasteiger partial charge < -0.3 is 10.7 Å². The van der Waals surface area contributed by atoms with Gasteiger partial charge >= 0.3 is 0 Å². The number of hydrogen-bond acceptors (Lipinski definition) is 6. The van der Waals surface area contributed by atoms with Crippen LogP contribution in [0, 0.1) is 0 Å². The van der Waals surface area contributed by atoms with Gasteiger partial charge in [0.15, 0.2) is 5.82 Å². The van der Waals surface area contributed by atoms with Gasteiger partial charge in [-0.25, -0.2) is 10.8 Å². The molecule has 0 unspecified atom stereocenters. The van der Waals surface area contributed by atoms with Crippen molar-refractivity contribution in [3.63, 3.8) is 0 Å². The molecule has 0 saturated heterocycles. The molecule has 0 fully saturated rings. The van der Waals surface area contributed by atoms with Crippen LogP contribution in [0.2, 0.25) is 0 Å². The van der Waals surface area contributed by atoms with Gasteiger partial charge in [-0.1, -0.05) is 0 Å². The third kappa shape index (κ3) is 4.85. The highest BCUT2D eigenvalue weighted by molar-refractivity contribution is 7.98. The van der Waals surface area contributed by atoms with E-state index in [2.05, 4.69) is 27.0 Å². The van der Waals surface area contributed by atoms with Crippen molar-refractivity contribution in [3.05, 3.63) is 12.4 Å². The van der Waals surface area contributed by atoms with Crippen molar-refractivity contribution >= 4 is 23.4 Å². The molecule has 0 amide bonds. The summed E-state index contributed by atoms with van der Waals surface area (Å²) in [7, 11) is 0. The number of unbranched alkanes of at least 4 members (excludes halogenated alkanes) is 1. The van der Waals surface area contributed by atoms with Gasteiger partial charge in [0, 0.05) is 6.54 Å². The molecule has 0 aliphatic rings. The molecule has 0 spiro atoms. The van der Waals surface area contributed by atoms with E-state index in [1.807, 2.05) is 11.8 Å². The molecule has 0 atom stereocenters. The Labute approximate surface area is 94.2 Å². The van der Waals surface area contributed by atoms with Crippen molar-refractivity contribution in [3.8, 4) is 0 Å². The van der Waals surface area contributed by atoms with Gasteiger partial charge in [-0.15, -0.1) is 0 Å². The van der Waals surface area contributed by atoms with Gasteiger partial charge in [-0.05, 0) is 24.9 Å². The van der Waals surface area contributed by atoms with Crippen molar-refractivity contribution in [2.45, 2.75) is 12.8 Å². The van der Waals surface area contributed by atoms with E-state index < -0.39 is 0 Å². The second-order valence-electron chi connectivity index (χ2n) is 3.06. The Morgan fingerprint density at radius 3 is 2.87 bits per heavy atom. The lowest BCUT2D eigenvalue weighted by Gasteiger charge is -2.05. The molecule has 0 aliphatic carbocycles. The zero-order valence-electron chi connectivity index (χ0n) is 8.86. The topological polar surface area (TPSA) is 75.9 Å². The molecule has 0 bridgehead atoms. The van der Waals surface area contributed by atoms with Crippen molar-refractivity contribution in [1.82, 2.24) is 9.97 Å². The minimum absolute atomic E-state index is 0.573. The lowest BCUT2D eigenvalue weighted by molar-refractivity contribution is 0.839. The third-order valence-corrected chi connectivity index (χ3v) is 2.56. The van der Waals surface area contributed by atoms with Crippen LogP contribution in [-0.4, -0.2) is 28.5 Å². The maximum Gasteiger partial charge on any atom is 0.160 e. The molecule has 4 N–H and O–H groups in total. The van der Waals surface area contributed by atoms with Crippen LogP contribution in [0.3, 0.4) is 0 Å². The lowest BCUT2D eigenvalue weighted by Crippen LogP contribution is -2.11. The summed E-state index contributed by atoms with van der Waals surface area (Å²) in [5, 5.41) is 3.20. The highest BCUT2D eigenvalue weighted by Crippen LogP contribution is 2.05. The number of hydrogen-bond donors (Lipinski definition) is 3. The Bertz CT molecular complexity index is 281. The van der Waals surface area contributed by atoms with E-state index in [0.29, 0.717) is 5.82 Å². The van der Waals surface area contributed by atoms with Crippen LogP contribution in [-0.2, 0) is 0 Å². The Balaban J connectivity index is 2.24. The second-order valence-corrected chi connectivity index (χ2v) is 4.05. The Morgan fingerprint density at radius 1 is 1.33 bits per heavy atom. The quantitative estimate of drug-likeness (QED) is 0.370. The van der Waals surface area contributed by atoms with Gasteiger partial charge in [0.2, 0.25) is 0 Å². The largest absolute Gasteiger partial charge is 0.369 e. The summed E-state index contributed by atoms with van der Waals surface area (Å²) in [5.74, 6) is 7.77. The average molecular weight is 227 g/mol. The average Bonchev–Trinajstić information content (AvgIpc) is 2.29. The van der Waals surface area contributed by atoms with Crippen LogP contribution in [0.25, 0.3) is 0 Å². The van der Waals surface area contributed by atoms with Crippen molar-refractivity contribution < 1.29 is 0 Å². The van der Waals surface area contributed by atoms with Gasteiger partial charge in [0.05, 0.1) is 12.4 Å². The van der Waals surface area contributed by atoms with E-state index in [1.54, 1.807) is 12.4 Å². The second kappa shape index (κ2) is 7.30. The van der Waals surface area contributed by atoms with E-state index in [9.17, 15) is 0 Å². The molecule has 0 saturated carbocycles. The summed E-state index contributed by atoms with van der Waals surface area (Å²) >= 11 is 1.87. The van der Waals surface area contributed by atoms with Gasteiger partial charge in [-0.2, -0.15) is 11.8 Å². The first-order valence-electron chi connectivity index (χ1n) is 4.88. The molecular weight excluding hydrogens is 210 g/mol. The maximum atomic E-state index is 5.23. The predicted octanol–water partition coefficient (Wildman–Crippen LogP) is 1.32.